The third-order valence-electron chi connectivity index (χ3n) is 4.43. The van der Waals surface area contributed by atoms with Gasteiger partial charge in [0.15, 0.2) is 0 Å². The number of aromatic nitrogens is 2. The summed E-state index contributed by atoms with van der Waals surface area (Å²) in [7, 11) is 2.00. The molecule has 1 fully saturated rings. The summed E-state index contributed by atoms with van der Waals surface area (Å²) in [6.07, 6.45) is 3.23. The molecule has 2 unspecified atom stereocenters. The molecule has 1 aliphatic rings. The molecule has 4 nitrogen and oxygen atoms in total. The van der Waals surface area contributed by atoms with Gasteiger partial charge in [0, 0.05) is 38.8 Å². The first-order valence-electron chi connectivity index (χ1n) is 7.78. The minimum Gasteiger partial charge on any atom is -0.311 e. The molecule has 1 aromatic heterocycles. The second-order valence-electron chi connectivity index (χ2n) is 5.69. The Morgan fingerprint density at radius 2 is 2.05 bits per heavy atom. The van der Waals surface area contributed by atoms with Crippen molar-refractivity contribution in [3.63, 3.8) is 0 Å². The van der Waals surface area contributed by atoms with Crippen molar-refractivity contribution in [2.24, 2.45) is 7.05 Å². The SMILES string of the molecule is CCc1nn(C)c(CN2CC(CC)NCC2CC)c1Cl. The van der Waals surface area contributed by atoms with Gasteiger partial charge in [0.1, 0.15) is 0 Å². The predicted octanol–water partition coefficient (Wildman–Crippen LogP) is 2.60. The first kappa shape index (κ1) is 15.8. The van der Waals surface area contributed by atoms with E-state index in [1.807, 2.05) is 11.7 Å². The second kappa shape index (κ2) is 6.92. The summed E-state index contributed by atoms with van der Waals surface area (Å²) in [4.78, 5) is 2.56. The molecule has 5 heteroatoms. The topological polar surface area (TPSA) is 33.1 Å². The molecule has 1 aliphatic heterocycles. The van der Waals surface area contributed by atoms with Gasteiger partial charge in [-0.15, -0.1) is 0 Å². The highest BCUT2D eigenvalue weighted by molar-refractivity contribution is 6.31. The van der Waals surface area contributed by atoms with E-state index >= 15 is 0 Å². The Morgan fingerprint density at radius 1 is 1.30 bits per heavy atom. The number of hydrogen-bond acceptors (Lipinski definition) is 3. The summed E-state index contributed by atoms with van der Waals surface area (Å²) < 4.78 is 1.96. The molecule has 20 heavy (non-hydrogen) atoms. The summed E-state index contributed by atoms with van der Waals surface area (Å²) in [6, 6.07) is 1.18. The first-order valence-corrected chi connectivity index (χ1v) is 8.16. The molecule has 114 valence electrons. The zero-order valence-corrected chi connectivity index (χ0v) is 13.9. The Bertz CT molecular complexity index is 443. The summed E-state index contributed by atoms with van der Waals surface area (Å²) in [5.41, 5.74) is 2.16. The van der Waals surface area contributed by atoms with Crippen LogP contribution in [0.25, 0.3) is 0 Å². The van der Waals surface area contributed by atoms with Crippen molar-refractivity contribution in [1.29, 1.82) is 0 Å². The molecule has 1 aromatic rings. The van der Waals surface area contributed by atoms with E-state index in [0.717, 1.165) is 42.5 Å². The number of nitrogens with one attached hydrogen (secondary N) is 1. The molecule has 0 amide bonds. The molecule has 0 saturated carbocycles. The van der Waals surface area contributed by atoms with E-state index in [2.05, 4.69) is 36.1 Å². The largest absolute Gasteiger partial charge is 0.311 e. The maximum atomic E-state index is 6.48. The van der Waals surface area contributed by atoms with Crippen molar-refractivity contribution in [1.82, 2.24) is 20.0 Å². The molecule has 1 N–H and O–H groups in total. The van der Waals surface area contributed by atoms with Crippen LogP contribution in [0.15, 0.2) is 0 Å². The molecule has 2 heterocycles. The van der Waals surface area contributed by atoms with Crippen molar-refractivity contribution >= 4 is 11.6 Å². The first-order chi connectivity index (χ1) is 9.60. The minimum absolute atomic E-state index is 0.592. The smallest absolute Gasteiger partial charge is 0.0863 e. The highest BCUT2D eigenvalue weighted by Gasteiger charge is 2.27. The van der Waals surface area contributed by atoms with Gasteiger partial charge in [-0.05, 0) is 19.3 Å². The molecule has 2 rings (SSSR count). The van der Waals surface area contributed by atoms with Crippen molar-refractivity contribution in [2.45, 2.75) is 58.7 Å². The van der Waals surface area contributed by atoms with Gasteiger partial charge in [-0.2, -0.15) is 5.10 Å². The van der Waals surface area contributed by atoms with Gasteiger partial charge in [0.2, 0.25) is 0 Å². The molecule has 2 atom stereocenters. The summed E-state index contributed by atoms with van der Waals surface area (Å²) in [5, 5.41) is 9.02. The lowest BCUT2D eigenvalue weighted by molar-refractivity contribution is 0.114. The van der Waals surface area contributed by atoms with Crippen LogP contribution in [0.1, 0.15) is 45.0 Å². The van der Waals surface area contributed by atoms with Crippen LogP contribution in [0.3, 0.4) is 0 Å². The van der Waals surface area contributed by atoms with E-state index in [4.69, 9.17) is 11.6 Å². The van der Waals surface area contributed by atoms with Gasteiger partial charge in [-0.25, -0.2) is 0 Å². The molecule has 0 bridgehead atoms. The average Bonchev–Trinajstić information content (AvgIpc) is 2.74. The van der Waals surface area contributed by atoms with Crippen LogP contribution >= 0.6 is 11.6 Å². The zero-order valence-electron chi connectivity index (χ0n) is 13.1. The monoisotopic (exact) mass is 298 g/mol. The Morgan fingerprint density at radius 3 is 2.60 bits per heavy atom. The number of hydrogen-bond donors (Lipinski definition) is 1. The molecule has 0 aliphatic carbocycles. The van der Waals surface area contributed by atoms with Crippen molar-refractivity contribution in [2.75, 3.05) is 13.1 Å². The predicted molar refractivity (Wildman–Crippen MR) is 84.2 cm³/mol. The lowest BCUT2D eigenvalue weighted by Gasteiger charge is -2.40. The summed E-state index contributed by atoms with van der Waals surface area (Å²) in [5.74, 6) is 0. The molecule has 0 spiro atoms. The van der Waals surface area contributed by atoms with Crippen LogP contribution < -0.4 is 5.32 Å². The average molecular weight is 299 g/mol. The minimum atomic E-state index is 0.592. The quantitative estimate of drug-likeness (QED) is 0.907. The number of nitrogens with zero attached hydrogens (tertiary/aromatic N) is 3. The fraction of sp³-hybridized carbons (Fsp3) is 0.800. The van der Waals surface area contributed by atoms with Crippen molar-refractivity contribution in [3.8, 4) is 0 Å². The summed E-state index contributed by atoms with van der Waals surface area (Å²) >= 11 is 6.48. The van der Waals surface area contributed by atoms with E-state index in [9.17, 15) is 0 Å². The van der Waals surface area contributed by atoms with E-state index in [-0.39, 0.29) is 0 Å². The van der Waals surface area contributed by atoms with Gasteiger partial charge in [0.05, 0.1) is 16.4 Å². The van der Waals surface area contributed by atoms with E-state index < -0.39 is 0 Å². The van der Waals surface area contributed by atoms with Gasteiger partial charge in [-0.1, -0.05) is 32.4 Å². The van der Waals surface area contributed by atoms with E-state index in [0.29, 0.717) is 12.1 Å². The maximum Gasteiger partial charge on any atom is 0.0863 e. The van der Waals surface area contributed by atoms with Crippen molar-refractivity contribution in [3.05, 3.63) is 16.4 Å². The van der Waals surface area contributed by atoms with Crippen LogP contribution in [0, 0.1) is 0 Å². The standard InChI is InChI=1S/C15H27ClN4/c1-5-11-9-20(12(6-2)8-17-11)10-14-15(16)13(7-3)18-19(14)4/h11-12,17H,5-10H2,1-4H3. The normalized spacial score (nSPS) is 24.2. The van der Waals surface area contributed by atoms with Crippen LogP contribution in [-0.4, -0.2) is 39.9 Å². The maximum absolute atomic E-state index is 6.48. The zero-order chi connectivity index (χ0) is 14.7. The fourth-order valence-corrected chi connectivity index (χ4v) is 3.34. The van der Waals surface area contributed by atoms with Crippen LogP contribution in [0.5, 0.6) is 0 Å². The van der Waals surface area contributed by atoms with Crippen LogP contribution in [0.2, 0.25) is 5.02 Å². The lowest BCUT2D eigenvalue weighted by atomic mass is 10.0. The van der Waals surface area contributed by atoms with Gasteiger partial charge >= 0.3 is 0 Å². The van der Waals surface area contributed by atoms with Gasteiger partial charge in [-0.3, -0.25) is 9.58 Å². The highest BCUT2D eigenvalue weighted by atomic mass is 35.5. The number of halogens is 1. The Hall–Kier alpha value is -0.580. The number of piperazine rings is 1. The fourth-order valence-electron chi connectivity index (χ4n) is 2.98. The molecule has 0 radical (unpaired) electrons. The number of rotatable bonds is 5. The van der Waals surface area contributed by atoms with E-state index in [1.165, 1.54) is 12.8 Å². The third kappa shape index (κ3) is 3.18. The van der Waals surface area contributed by atoms with Crippen LogP contribution in [0.4, 0.5) is 0 Å². The van der Waals surface area contributed by atoms with Crippen molar-refractivity contribution < 1.29 is 0 Å². The number of aryl methyl sites for hydroxylation is 2. The molecular weight excluding hydrogens is 272 g/mol. The van der Waals surface area contributed by atoms with Gasteiger partial charge < -0.3 is 5.32 Å². The summed E-state index contributed by atoms with van der Waals surface area (Å²) in [6.45, 7) is 9.68. The van der Waals surface area contributed by atoms with Crippen LogP contribution in [-0.2, 0) is 20.0 Å². The Labute approximate surface area is 127 Å². The van der Waals surface area contributed by atoms with E-state index in [1.54, 1.807) is 0 Å². The third-order valence-corrected chi connectivity index (χ3v) is 4.87. The highest BCUT2D eigenvalue weighted by Crippen LogP contribution is 2.24. The lowest BCUT2D eigenvalue weighted by Crippen LogP contribution is -2.55. The Kier molecular flexibility index (Phi) is 5.47. The van der Waals surface area contributed by atoms with Gasteiger partial charge in [0.25, 0.3) is 0 Å². The molecule has 0 aromatic carbocycles. The Balaban J connectivity index is 2.16. The molecule has 1 saturated heterocycles. The second-order valence-corrected chi connectivity index (χ2v) is 6.07. The molecular formula is C15H27ClN4.